The highest BCUT2D eigenvalue weighted by molar-refractivity contribution is 9.10. The number of hydrogen-bond acceptors (Lipinski definition) is 3. The predicted molar refractivity (Wildman–Crippen MR) is 67.2 cm³/mol. The molecule has 1 N–H and O–H groups in total. The van der Waals surface area contributed by atoms with Gasteiger partial charge in [-0.1, -0.05) is 28.1 Å². The molecular formula is C10H9BrOS2. The Morgan fingerprint density at radius 3 is 2.57 bits per heavy atom. The van der Waals surface area contributed by atoms with Crippen LogP contribution in [0.3, 0.4) is 0 Å². The lowest BCUT2D eigenvalue weighted by molar-refractivity contribution is 0.340. The third kappa shape index (κ3) is 2.37. The molecule has 0 bridgehead atoms. The Morgan fingerprint density at radius 1 is 1.29 bits per heavy atom. The van der Waals surface area contributed by atoms with Crippen LogP contribution in [0.2, 0.25) is 0 Å². The van der Waals surface area contributed by atoms with Crippen LogP contribution < -0.4 is 0 Å². The van der Waals surface area contributed by atoms with E-state index in [1.165, 1.54) is 5.56 Å². The van der Waals surface area contributed by atoms with Crippen molar-refractivity contribution in [3.8, 4) is 0 Å². The molecule has 1 heterocycles. The Labute approximate surface area is 100 Å². The normalized spacial score (nSPS) is 21.0. The molecule has 1 nitrogen and oxygen atoms in total. The first-order valence-electron chi connectivity index (χ1n) is 4.17. The quantitative estimate of drug-likeness (QED) is 0.895. The van der Waals surface area contributed by atoms with E-state index in [9.17, 15) is 0 Å². The van der Waals surface area contributed by atoms with E-state index < -0.39 is 0 Å². The second kappa shape index (κ2) is 4.75. The molecule has 0 saturated carbocycles. The summed E-state index contributed by atoms with van der Waals surface area (Å²) in [6.45, 7) is 0.157. The van der Waals surface area contributed by atoms with Crippen LogP contribution in [0.15, 0.2) is 39.1 Å². The SMILES string of the molecule is OCC1=CSC(c2ccc(Br)cc2)S1. The number of aliphatic hydroxyl groups is 1. The fourth-order valence-corrected chi connectivity index (χ4v) is 3.89. The monoisotopic (exact) mass is 288 g/mol. The first-order chi connectivity index (χ1) is 6.79. The zero-order valence-electron chi connectivity index (χ0n) is 7.31. The van der Waals surface area contributed by atoms with E-state index in [1.807, 2.05) is 17.5 Å². The highest BCUT2D eigenvalue weighted by Crippen LogP contribution is 2.50. The molecule has 0 spiro atoms. The second-order valence-electron chi connectivity index (χ2n) is 2.88. The minimum atomic E-state index is 0.157. The molecule has 1 aromatic carbocycles. The lowest BCUT2D eigenvalue weighted by atomic mass is 10.2. The van der Waals surface area contributed by atoms with Crippen LogP contribution in [0.25, 0.3) is 0 Å². The number of hydrogen-bond donors (Lipinski definition) is 1. The Morgan fingerprint density at radius 2 is 2.00 bits per heavy atom. The minimum absolute atomic E-state index is 0.157. The first kappa shape index (κ1) is 10.6. The van der Waals surface area contributed by atoms with E-state index >= 15 is 0 Å². The molecule has 0 amide bonds. The average Bonchev–Trinajstić information content (AvgIpc) is 2.67. The Kier molecular flexibility index (Phi) is 3.60. The highest BCUT2D eigenvalue weighted by Gasteiger charge is 2.19. The van der Waals surface area contributed by atoms with Crippen LogP contribution in [-0.4, -0.2) is 11.7 Å². The molecule has 0 fully saturated rings. The summed E-state index contributed by atoms with van der Waals surface area (Å²) in [6, 6.07) is 8.33. The molecule has 0 radical (unpaired) electrons. The third-order valence-electron chi connectivity index (χ3n) is 1.88. The molecule has 1 aliphatic rings. The van der Waals surface area contributed by atoms with E-state index in [0.29, 0.717) is 4.58 Å². The molecular weight excluding hydrogens is 280 g/mol. The van der Waals surface area contributed by atoms with Crippen molar-refractivity contribution in [1.82, 2.24) is 0 Å². The standard InChI is InChI=1S/C10H9BrOS2/c11-8-3-1-7(2-4-8)10-13-6-9(5-12)14-10/h1-4,6,10,12H,5H2. The molecule has 1 atom stereocenters. The van der Waals surface area contributed by atoms with Crippen molar-refractivity contribution >= 4 is 39.5 Å². The van der Waals surface area contributed by atoms with Gasteiger partial charge in [-0.15, -0.1) is 23.5 Å². The van der Waals surface area contributed by atoms with Gasteiger partial charge in [-0.3, -0.25) is 0 Å². The van der Waals surface area contributed by atoms with Crippen LogP contribution in [0.4, 0.5) is 0 Å². The smallest absolute Gasteiger partial charge is 0.0837 e. The van der Waals surface area contributed by atoms with E-state index in [0.717, 1.165) is 9.38 Å². The van der Waals surface area contributed by atoms with Crippen molar-refractivity contribution in [1.29, 1.82) is 0 Å². The van der Waals surface area contributed by atoms with Crippen LogP contribution in [0, 0.1) is 0 Å². The molecule has 14 heavy (non-hydrogen) atoms. The zero-order chi connectivity index (χ0) is 9.97. The fraction of sp³-hybridized carbons (Fsp3) is 0.200. The fourth-order valence-electron chi connectivity index (χ4n) is 1.17. The molecule has 0 aromatic heterocycles. The van der Waals surface area contributed by atoms with Crippen molar-refractivity contribution in [2.75, 3.05) is 6.61 Å². The molecule has 1 unspecified atom stereocenters. The molecule has 0 aliphatic carbocycles. The maximum atomic E-state index is 8.96. The average molecular weight is 289 g/mol. The van der Waals surface area contributed by atoms with Gasteiger partial charge in [-0.25, -0.2) is 0 Å². The number of halogens is 1. The largest absolute Gasteiger partial charge is 0.391 e. The Balaban J connectivity index is 2.08. The van der Waals surface area contributed by atoms with E-state index in [2.05, 4.69) is 28.1 Å². The third-order valence-corrected chi connectivity index (χ3v) is 5.16. The summed E-state index contributed by atoms with van der Waals surface area (Å²) in [7, 11) is 0. The van der Waals surface area contributed by atoms with Gasteiger partial charge in [0, 0.05) is 9.38 Å². The van der Waals surface area contributed by atoms with Crippen molar-refractivity contribution < 1.29 is 5.11 Å². The van der Waals surface area contributed by atoms with Crippen LogP contribution >= 0.6 is 39.5 Å². The Hall–Kier alpha value is 0.1000. The topological polar surface area (TPSA) is 20.2 Å². The summed E-state index contributed by atoms with van der Waals surface area (Å²) in [5, 5.41) is 11.0. The van der Waals surface area contributed by atoms with Gasteiger partial charge < -0.3 is 5.11 Å². The summed E-state index contributed by atoms with van der Waals surface area (Å²) in [4.78, 5) is 1.06. The molecule has 1 aromatic rings. The van der Waals surface area contributed by atoms with Gasteiger partial charge in [0.1, 0.15) is 0 Å². The van der Waals surface area contributed by atoms with E-state index in [1.54, 1.807) is 23.5 Å². The lowest BCUT2D eigenvalue weighted by Crippen LogP contribution is -1.86. The Bertz CT molecular complexity index is 348. The maximum Gasteiger partial charge on any atom is 0.0837 e. The van der Waals surface area contributed by atoms with Gasteiger partial charge in [0.25, 0.3) is 0 Å². The van der Waals surface area contributed by atoms with E-state index in [-0.39, 0.29) is 6.61 Å². The summed E-state index contributed by atoms with van der Waals surface area (Å²) in [6.07, 6.45) is 0. The highest BCUT2D eigenvalue weighted by atomic mass is 79.9. The number of benzene rings is 1. The zero-order valence-corrected chi connectivity index (χ0v) is 10.5. The lowest BCUT2D eigenvalue weighted by Gasteiger charge is -2.08. The molecule has 1 aliphatic heterocycles. The molecule has 2 rings (SSSR count). The summed E-state index contributed by atoms with van der Waals surface area (Å²) >= 11 is 6.90. The van der Waals surface area contributed by atoms with Gasteiger partial charge in [-0.2, -0.15) is 0 Å². The maximum absolute atomic E-state index is 8.96. The van der Waals surface area contributed by atoms with Gasteiger partial charge in [0.15, 0.2) is 0 Å². The summed E-state index contributed by atoms with van der Waals surface area (Å²) in [5.41, 5.74) is 1.29. The summed E-state index contributed by atoms with van der Waals surface area (Å²) < 4.78 is 1.51. The number of aliphatic hydroxyl groups excluding tert-OH is 1. The second-order valence-corrected chi connectivity index (χ2v) is 6.30. The van der Waals surface area contributed by atoms with Crippen molar-refractivity contribution in [3.63, 3.8) is 0 Å². The summed E-state index contributed by atoms with van der Waals surface area (Å²) in [5.74, 6) is 0. The van der Waals surface area contributed by atoms with Crippen LogP contribution in [0.1, 0.15) is 10.1 Å². The number of thioether (sulfide) groups is 2. The van der Waals surface area contributed by atoms with Gasteiger partial charge in [0.2, 0.25) is 0 Å². The number of rotatable bonds is 2. The first-order valence-corrected chi connectivity index (χ1v) is 6.78. The molecule has 0 saturated heterocycles. The van der Waals surface area contributed by atoms with E-state index in [4.69, 9.17) is 5.11 Å². The minimum Gasteiger partial charge on any atom is -0.391 e. The van der Waals surface area contributed by atoms with Crippen molar-refractivity contribution in [3.05, 3.63) is 44.6 Å². The van der Waals surface area contributed by atoms with Gasteiger partial charge in [-0.05, 0) is 23.1 Å². The van der Waals surface area contributed by atoms with Crippen molar-refractivity contribution in [2.45, 2.75) is 4.58 Å². The molecule has 4 heteroatoms. The molecule has 74 valence electrons. The van der Waals surface area contributed by atoms with Crippen LogP contribution in [-0.2, 0) is 0 Å². The van der Waals surface area contributed by atoms with Gasteiger partial charge >= 0.3 is 0 Å². The van der Waals surface area contributed by atoms with Crippen molar-refractivity contribution in [2.24, 2.45) is 0 Å². The van der Waals surface area contributed by atoms with Crippen LogP contribution in [0.5, 0.6) is 0 Å². The van der Waals surface area contributed by atoms with Gasteiger partial charge in [0.05, 0.1) is 11.2 Å². The predicted octanol–water partition coefficient (Wildman–Crippen LogP) is 3.76.